The van der Waals surface area contributed by atoms with Crippen molar-refractivity contribution in [2.75, 3.05) is 7.11 Å². The average Bonchev–Trinajstić information content (AvgIpc) is 2.91. The van der Waals surface area contributed by atoms with Gasteiger partial charge in [-0.15, -0.1) is 0 Å². The number of hydrogen-bond donors (Lipinski definition) is 0. The van der Waals surface area contributed by atoms with Crippen LogP contribution >= 0.6 is 0 Å². The second-order valence-electron chi connectivity index (χ2n) is 9.72. The van der Waals surface area contributed by atoms with Crippen LogP contribution in [0.4, 0.5) is 0 Å². The minimum Gasteiger partial charge on any atom is -0.497 e. The van der Waals surface area contributed by atoms with E-state index in [9.17, 15) is 0 Å². The fourth-order valence-corrected chi connectivity index (χ4v) is 4.99. The molecule has 1 aliphatic rings. The van der Waals surface area contributed by atoms with Crippen molar-refractivity contribution < 1.29 is 18.9 Å². The Morgan fingerprint density at radius 2 is 0.886 bits per heavy atom. The van der Waals surface area contributed by atoms with Crippen LogP contribution in [0.3, 0.4) is 0 Å². The molecule has 4 atom stereocenters. The van der Waals surface area contributed by atoms with E-state index >= 15 is 0 Å². The highest BCUT2D eigenvalue weighted by Gasteiger charge is 2.47. The molecule has 0 amide bonds. The molecule has 0 bridgehead atoms. The largest absolute Gasteiger partial charge is 0.497 e. The summed E-state index contributed by atoms with van der Waals surface area (Å²) < 4.78 is 25.1. The lowest BCUT2D eigenvalue weighted by molar-refractivity contribution is -0.214. The molecule has 4 nitrogen and oxygen atoms in total. The molecule has 1 saturated carbocycles. The number of rotatable bonds is 10. The topological polar surface area (TPSA) is 36.9 Å². The van der Waals surface area contributed by atoms with Crippen molar-refractivity contribution in [2.45, 2.75) is 58.9 Å². The van der Waals surface area contributed by atoms with Crippen LogP contribution in [0.15, 0.2) is 84.9 Å². The smallest absolute Gasteiger partial charge is 0.118 e. The molecule has 0 N–H and O–H groups in total. The summed E-state index contributed by atoms with van der Waals surface area (Å²) in [7, 11) is 1.68. The Labute approximate surface area is 210 Å². The fraction of sp³-hybridized carbons (Fsp3) is 0.419. The highest BCUT2D eigenvalue weighted by molar-refractivity contribution is 5.26. The van der Waals surface area contributed by atoms with Crippen molar-refractivity contribution in [1.82, 2.24) is 0 Å². The summed E-state index contributed by atoms with van der Waals surface area (Å²) in [5.74, 6) is 1.96. The minimum atomic E-state index is -0.175. The van der Waals surface area contributed by atoms with Crippen LogP contribution < -0.4 is 4.74 Å². The summed E-state index contributed by atoms with van der Waals surface area (Å²) in [5.41, 5.74) is 3.44. The second-order valence-corrected chi connectivity index (χ2v) is 9.72. The number of benzene rings is 3. The van der Waals surface area contributed by atoms with Crippen LogP contribution in [-0.4, -0.2) is 25.4 Å². The van der Waals surface area contributed by atoms with E-state index in [1.54, 1.807) is 7.11 Å². The third-order valence-electron chi connectivity index (χ3n) is 7.51. The molecule has 4 unspecified atom stereocenters. The lowest BCUT2D eigenvalue weighted by Crippen LogP contribution is -2.56. The van der Waals surface area contributed by atoms with Crippen LogP contribution in [0.2, 0.25) is 0 Å². The molecule has 4 rings (SSSR count). The van der Waals surface area contributed by atoms with Crippen LogP contribution in [0.5, 0.6) is 5.75 Å². The molecular formula is C31H38O4. The van der Waals surface area contributed by atoms with Gasteiger partial charge in [-0.05, 0) is 46.6 Å². The van der Waals surface area contributed by atoms with Crippen molar-refractivity contribution in [3.05, 3.63) is 102 Å². The Hall–Kier alpha value is -2.66. The van der Waals surface area contributed by atoms with Gasteiger partial charge in [0.25, 0.3) is 0 Å². The second kappa shape index (κ2) is 12.3. The maximum Gasteiger partial charge on any atom is 0.118 e. The van der Waals surface area contributed by atoms with Gasteiger partial charge in [0, 0.05) is 0 Å². The van der Waals surface area contributed by atoms with Gasteiger partial charge >= 0.3 is 0 Å². The highest BCUT2D eigenvalue weighted by atomic mass is 16.6. The van der Waals surface area contributed by atoms with Gasteiger partial charge in [0.05, 0.1) is 39.1 Å². The summed E-state index contributed by atoms with van der Waals surface area (Å²) in [6.45, 7) is 8.50. The maximum absolute atomic E-state index is 6.64. The summed E-state index contributed by atoms with van der Waals surface area (Å²) in [6, 6.07) is 28.8. The van der Waals surface area contributed by atoms with Gasteiger partial charge in [-0.25, -0.2) is 0 Å². The van der Waals surface area contributed by atoms with Gasteiger partial charge < -0.3 is 18.9 Å². The van der Waals surface area contributed by atoms with Crippen LogP contribution in [0, 0.1) is 17.8 Å². The van der Waals surface area contributed by atoms with Crippen molar-refractivity contribution in [3.63, 3.8) is 0 Å². The van der Waals surface area contributed by atoms with Crippen LogP contribution in [0.25, 0.3) is 0 Å². The molecule has 1 fully saturated rings. The van der Waals surface area contributed by atoms with E-state index in [-0.39, 0.29) is 18.3 Å². The Morgan fingerprint density at radius 1 is 0.486 bits per heavy atom. The Balaban J connectivity index is 1.54. The fourth-order valence-electron chi connectivity index (χ4n) is 4.99. The predicted molar refractivity (Wildman–Crippen MR) is 139 cm³/mol. The zero-order valence-electron chi connectivity index (χ0n) is 21.3. The zero-order chi connectivity index (χ0) is 24.6. The van der Waals surface area contributed by atoms with Crippen LogP contribution in [0.1, 0.15) is 37.5 Å². The SMILES string of the molecule is COc1ccc(COC2C(OCc3ccccc3)C(C)C(C)C(C)C2OCc2ccccc2)cc1. The first-order valence-electron chi connectivity index (χ1n) is 12.6. The minimum absolute atomic E-state index is 0.0690. The number of hydrogen-bond acceptors (Lipinski definition) is 4. The lowest BCUT2D eigenvalue weighted by Gasteiger charge is -2.48. The number of methoxy groups -OCH3 is 1. The summed E-state index contributed by atoms with van der Waals surface area (Å²) >= 11 is 0. The Morgan fingerprint density at radius 3 is 1.31 bits per heavy atom. The van der Waals surface area contributed by atoms with Crippen molar-refractivity contribution in [2.24, 2.45) is 17.8 Å². The van der Waals surface area contributed by atoms with E-state index in [2.05, 4.69) is 81.4 Å². The first kappa shape index (κ1) is 25.4. The van der Waals surface area contributed by atoms with Crippen LogP contribution in [-0.2, 0) is 34.0 Å². The van der Waals surface area contributed by atoms with Gasteiger partial charge in [-0.3, -0.25) is 0 Å². The molecule has 35 heavy (non-hydrogen) atoms. The van der Waals surface area contributed by atoms with E-state index in [4.69, 9.17) is 18.9 Å². The molecule has 0 heterocycles. The molecule has 3 aromatic rings. The predicted octanol–water partition coefficient (Wildman–Crippen LogP) is 6.67. The van der Waals surface area contributed by atoms with Gasteiger partial charge in [0.15, 0.2) is 0 Å². The van der Waals surface area contributed by atoms with Gasteiger partial charge in [0.1, 0.15) is 11.9 Å². The molecule has 1 aliphatic carbocycles. The third-order valence-corrected chi connectivity index (χ3v) is 7.51. The number of ether oxygens (including phenoxy) is 4. The average molecular weight is 475 g/mol. The van der Waals surface area contributed by atoms with E-state index in [1.165, 1.54) is 11.1 Å². The van der Waals surface area contributed by atoms with E-state index in [0.717, 1.165) is 11.3 Å². The standard InChI is InChI=1S/C31H38O4/c1-22-23(2)29(33-19-25-11-7-5-8-12-25)31(35-21-27-15-17-28(32-4)18-16-27)30(24(22)3)34-20-26-13-9-6-10-14-26/h5-18,22-24,29-31H,19-21H2,1-4H3. The third kappa shape index (κ3) is 6.52. The van der Waals surface area contributed by atoms with E-state index in [0.29, 0.717) is 37.6 Å². The van der Waals surface area contributed by atoms with Gasteiger partial charge in [0.2, 0.25) is 0 Å². The lowest BCUT2D eigenvalue weighted by atomic mass is 9.69. The van der Waals surface area contributed by atoms with Gasteiger partial charge in [-0.2, -0.15) is 0 Å². The normalized spacial score (nSPS) is 26.4. The maximum atomic E-state index is 6.64. The highest BCUT2D eigenvalue weighted by Crippen LogP contribution is 2.40. The van der Waals surface area contributed by atoms with E-state index < -0.39 is 0 Å². The van der Waals surface area contributed by atoms with Crippen molar-refractivity contribution in [1.29, 1.82) is 0 Å². The first-order valence-corrected chi connectivity index (χ1v) is 12.6. The first-order chi connectivity index (χ1) is 17.1. The van der Waals surface area contributed by atoms with Gasteiger partial charge in [-0.1, -0.05) is 93.6 Å². The zero-order valence-corrected chi connectivity index (χ0v) is 21.3. The monoisotopic (exact) mass is 474 g/mol. The molecule has 0 aromatic heterocycles. The molecule has 4 heteroatoms. The molecule has 0 spiro atoms. The molecule has 0 radical (unpaired) electrons. The molecule has 186 valence electrons. The molecule has 0 aliphatic heterocycles. The molecule has 0 saturated heterocycles. The van der Waals surface area contributed by atoms with E-state index in [1.807, 2.05) is 24.3 Å². The molecular weight excluding hydrogens is 436 g/mol. The summed E-state index contributed by atoms with van der Waals surface area (Å²) in [6.07, 6.45) is -0.313. The Bertz CT molecular complexity index is 948. The molecule has 3 aromatic carbocycles. The van der Waals surface area contributed by atoms with Crippen molar-refractivity contribution in [3.8, 4) is 5.75 Å². The van der Waals surface area contributed by atoms with Crippen molar-refractivity contribution >= 4 is 0 Å². The Kier molecular flexibility index (Phi) is 8.97. The summed E-state index contributed by atoms with van der Waals surface area (Å²) in [4.78, 5) is 0. The summed E-state index contributed by atoms with van der Waals surface area (Å²) in [5, 5.41) is 0. The quantitative estimate of drug-likeness (QED) is 0.329.